The molecule has 112 valence electrons. The molecule has 0 aliphatic carbocycles. The van der Waals surface area contributed by atoms with Crippen molar-refractivity contribution in [1.29, 1.82) is 0 Å². The van der Waals surface area contributed by atoms with E-state index in [9.17, 15) is 0 Å². The lowest BCUT2D eigenvalue weighted by molar-refractivity contribution is 0.0650. The first-order chi connectivity index (χ1) is 10.3. The minimum atomic E-state index is 0.650. The van der Waals surface area contributed by atoms with Crippen molar-refractivity contribution >= 4 is 6.08 Å². The summed E-state index contributed by atoms with van der Waals surface area (Å²) in [6, 6.07) is 9.77. The first-order valence-corrected chi connectivity index (χ1v) is 8.19. The predicted octanol–water partition coefficient (Wildman–Crippen LogP) is 2.63. The SMILES string of the molecule is C[C@H]1CN2CCCC2CN1CC1=Cc2ccccc2OC1. The fraction of sp³-hybridized carbons (Fsp3) is 0.556. The summed E-state index contributed by atoms with van der Waals surface area (Å²) in [4.78, 5) is 5.33. The highest BCUT2D eigenvalue weighted by molar-refractivity contribution is 5.62. The van der Waals surface area contributed by atoms with E-state index >= 15 is 0 Å². The minimum absolute atomic E-state index is 0.650. The largest absolute Gasteiger partial charge is 0.489 e. The molecule has 0 amide bonds. The molecule has 3 aliphatic heterocycles. The third-order valence-electron chi connectivity index (χ3n) is 5.16. The van der Waals surface area contributed by atoms with Crippen molar-refractivity contribution in [2.75, 3.05) is 32.8 Å². The van der Waals surface area contributed by atoms with Gasteiger partial charge in [-0.3, -0.25) is 9.80 Å². The first-order valence-electron chi connectivity index (χ1n) is 8.19. The summed E-state index contributed by atoms with van der Waals surface area (Å²) >= 11 is 0. The van der Waals surface area contributed by atoms with Gasteiger partial charge in [0.25, 0.3) is 0 Å². The molecule has 3 heterocycles. The Kier molecular flexibility index (Phi) is 3.48. The number of rotatable bonds is 2. The normalized spacial score (nSPS) is 29.5. The Labute approximate surface area is 127 Å². The number of piperazine rings is 1. The lowest BCUT2D eigenvalue weighted by Gasteiger charge is -2.42. The molecule has 2 fully saturated rings. The number of hydrogen-bond donors (Lipinski definition) is 0. The van der Waals surface area contributed by atoms with Crippen LogP contribution in [0.25, 0.3) is 6.08 Å². The summed E-state index contributed by atoms with van der Waals surface area (Å²) in [6.07, 6.45) is 5.08. The van der Waals surface area contributed by atoms with E-state index in [-0.39, 0.29) is 0 Å². The van der Waals surface area contributed by atoms with Crippen molar-refractivity contribution in [1.82, 2.24) is 9.80 Å². The molecule has 0 aromatic heterocycles. The smallest absolute Gasteiger partial charge is 0.127 e. The van der Waals surface area contributed by atoms with Crippen LogP contribution in [0.2, 0.25) is 0 Å². The van der Waals surface area contributed by atoms with Crippen LogP contribution in [-0.4, -0.2) is 54.7 Å². The molecular formula is C18H24N2O. The van der Waals surface area contributed by atoms with E-state index in [1.807, 2.05) is 6.07 Å². The van der Waals surface area contributed by atoms with Gasteiger partial charge in [-0.15, -0.1) is 0 Å². The highest BCUT2D eigenvalue weighted by Gasteiger charge is 2.34. The maximum Gasteiger partial charge on any atom is 0.127 e. The van der Waals surface area contributed by atoms with E-state index in [1.165, 1.54) is 43.6 Å². The van der Waals surface area contributed by atoms with E-state index in [0.29, 0.717) is 6.04 Å². The van der Waals surface area contributed by atoms with Gasteiger partial charge in [0.2, 0.25) is 0 Å². The maximum atomic E-state index is 5.89. The first kappa shape index (κ1) is 13.4. The highest BCUT2D eigenvalue weighted by atomic mass is 16.5. The average molecular weight is 284 g/mol. The minimum Gasteiger partial charge on any atom is -0.489 e. The molecule has 1 unspecified atom stereocenters. The zero-order chi connectivity index (χ0) is 14.2. The van der Waals surface area contributed by atoms with Crippen LogP contribution in [0.5, 0.6) is 5.75 Å². The van der Waals surface area contributed by atoms with Crippen molar-refractivity contribution in [2.45, 2.75) is 31.8 Å². The third kappa shape index (κ3) is 2.60. The Hall–Kier alpha value is -1.32. The molecule has 2 saturated heterocycles. The molecule has 3 heteroatoms. The molecule has 1 aromatic carbocycles. The van der Waals surface area contributed by atoms with Gasteiger partial charge in [0.05, 0.1) is 0 Å². The molecule has 0 spiro atoms. The van der Waals surface area contributed by atoms with E-state index in [4.69, 9.17) is 4.74 Å². The van der Waals surface area contributed by atoms with E-state index < -0.39 is 0 Å². The zero-order valence-corrected chi connectivity index (χ0v) is 12.8. The molecule has 0 radical (unpaired) electrons. The van der Waals surface area contributed by atoms with Gasteiger partial charge in [-0.2, -0.15) is 0 Å². The second-order valence-electron chi connectivity index (χ2n) is 6.70. The van der Waals surface area contributed by atoms with Crippen LogP contribution in [0.1, 0.15) is 25.3 Å². The molecule has 3 nitrogen and oxygen atoms in total. The number of nitrogens with zero attached hydrogens (tertiary/aromatic N) is 2. The van der Waals surface area contributed by atoms with Gasteiger partial charge in [-0.25, -0.2) is 0 Å². The van der Waals surface area contributed by atoms with Crippen LogP contribution >= 0.6 is 0 Å². The van der Waals surface area contributed by atoms with Crippen LogP contribution in [-0.2, 0) is 0 Å². The van der Waals surface area contributed by atoms with Crippen LogP contribution in [0.3, 0.4) is 0 Å². The van der Waals surface area contributed by atoms with Crippen LogP contribution in [0.4, 0.5) is 0 Å². The number of ether oxygens (including phenoxy) is 1. The fourth-order valence-corrected chi connectivity index (χ4v) is 3.98. The lowest BCUT2D eigenvalue weighted by Crippen LogP contribution is -2.55. The standard InChI is InChI=1S/C18H24N2O/c1-14-10-19-8-4-6-17(19)12-20(14)11-15-9-16-5-2-3-7-18(16)21-13-15/h2-3,5,7,9,14,17H,4,6,8,10-13H2,1H3/t14-,17?/m0/s1. The summed E-state index contributed by atoms with van der Waals surface area (Å²) in [7, 11) is 0. The second kappa shape index (κ2) is 5.47. The topological polar surface area (TPSA) is 15.7 Å². The molecular weight excluding hydrogens is 260 g/mol. The number of benzene rings is 1. The Morgan fingerprint density at radius 2 is 2.14 bits per heavy atom. The zero-order valence-electron chi connectivity index (χ0n) is 12.8. The van der Waals surface area contributed by atoms with Gasteiger partial charge >= 0.3 is 0 Å². The van der Waals surface area contributed by atoms with Crippen LogP contribution in [0.15, 0.2) is 29.8 Å². The van der Waals surface area contributed by atoms with Crippen LogP contribution in [0, 0.1) is 0 Å². The van der Waals surface area contributed by atoms with Crippen molar-refractivity contribution in [2.24, 2.45) is 0 Å². The lowest BCUT2D eigenvalue weighted by atomic mass is 10.0. The molecule has 4 rings (SSSR count). The quantitative estimate of drug-likeness (QED) is 0.830. The van der Waals surface area contributed by atoms with E-state index in [1.54, 1.807) is 0 Å². The summed E-state index contributed by atoms with van der Waals surface area (Å²) in [5, 5.41) is 0. The highest BCUT2D eigenvalue weighted by Crippen LogP contribution is 2.28. The third-order valence-corrected chi connectivity index (χ3v) is 5.16. The molecule has 2 atom stereocenters. The van der Waals surface area contributed by atoms with Crippen LogP contribution < -0.4 is 4.74 Å². The fourth-order valence-electron chi connectivity index (χ4n) is 3.98. The van der Waals surface area contributed by atoms with Gasteiger partial charge in [0, 0.05) is 37.3 Å². The number of fused-ring (bicyclic) bond motifs is 2. The van der Waals surface area contributed by atoms with Gasteiger partial charge in [0.1, 0.15) is 12.4 Å². The Balaban J connectivity index is 1.48. The number of para-hydroxylation sites is 1. The average Bonchev–Trinajstić information content (AvgIpc) is 2.94. The maximum absolute atomic E-state index is 5.89. The molecule has 1 aromatic rings. The van der Waals surface area contributed by atoms with Crippen molar-refractivity contribution in [3.8, 4) is 5.75 Å². The Morgan fingerprint density at radius 1 is 1.24 bits per heavy atom. The Bertz CT molecular complexity index is 554. The molecule has 0 saturated carbocycles. The van der Waals surface area contributed by atoms with E-state index in [2.05, 4.69) is 41.0 Å². The summed E-state index contributed by atoms with van der Waals surface area (Å²) < 4.78 is 5.89. The van der Waals surface area contributed by atoms with Gasteiger partial charge in [0.15, 0.2) is 0 Å². The Morgan fingerprint density at radius 3 is 3.10 bits per heavy atom. The van der Waals surface area contributed by atoms with Crippen molar-refractivity contribution in [3.63, 3.8) is 0 Å². The summed E-state index contributed by atoms with van der Waals surface area (Å²) in [5.74, 6) is 1.02. The second-order valence-corrected chi connectivity index (χ2v) is 6.70. The van der Waals surface area contributed by atoms with Gasteiger partial charge < -0.3 is 4.74 Å². The monoisotopic (exact) mass is 284 g/mol. The molecule has 0 N–H and O–H groups in total. The van der Waals surface area contributed by atoms with Crippen molar-refractivity contribution in [3.05, 3.63) is 35.4 Å². The van der Waals surface area contributed by atoms with E-state index in [0.717, 1.165) is 24.9 Å². The summed E-state index contributed by atoms with van der Waals surface area (Å²) in [6.45, 7) is 7.93. The predicted molar refractivity (Wildman–Crippen MR) is 85.5 cm³/mol. The summed E-state index contributed by atoms with van der Waals surface area (Å²) in [5.41, 5.74) is 2.64. The molecule has 0 bridgehead atoms. The van der Waals surface area contributed by atoms with Gasteiger partial charge in [-0.1, -0.05) is 18.2 Å². The number of hydrogen-bond acceptors (Lipinski definition) is 3. The van der Waals surface area contributed by atoms with Crippen molar-refractivity contribution < 1.29 is 4.74 Å². The van der Waals surface area contributed by atoms with Gasteiger partial charge in [-0.05, 0) is 44.0 Å². The molecule has 21 heavy (non-hydrogen) atoms. The molecule has 3 aliphatic rings.